The van der Waals surface area contributed by atoms with Crippen LogP contribution in [0.4, 0.5) is 5.69 Å². The molecule has 1 fully saturated rings. The Kier molecular flexibility index (Phi) is 4.35. The average Bonchev–Trinajstić information content (AvgIpc) is 2.91. The highest BCUT2D eigenvalue weighted by atomic mass is 32.2. The maximum Gasteiger partial charge on any atom is 0.340 e. The van der Waals surface area contributed by atoms with Gasteiger partial charge in [0, 0.05) is 0 Å². The number of carbonyl (C=O) groups is 1. The largest absolute Gasteiger partial charge is 0.497 e. The molecule has 9 heteroatoms. The van der Waals surface area contributed by atoms with Gasteiger partial charge in [-0.25, -0.2) is 4.79 Å². The Labute approximate surface area is 124 Å². The predicted molar refractivity (Wildman–Crippen MR) is 72.8 cm³/mol. The van der Waals surface area contributed by atoms with Crippen molar-refractivity contribution < 1.29 is 27.9 Å². The lowest BCUT2D eigenvalue weighted by molar-refractivity contribution is -0.386. The topological polar surface area (TPSA) is 108 Å². The van der Waals surface area contributed by atoms with Crippen molar-refractivity contribution in [1.29, 1.82) is 0 Å². The molecule has 0 unspecified atom stereocenters. The maximum absolute atomic E-state index is 11.5. The van der Waals surface area contributed by atoms with E-state index in [0.717, 1.165) is 0 Å². The lowest BCUT2D eigenvalue weighted by Crippen LogP contribution is -2.42. The van der Waals surface area contributed by atoms with E-state index in [1.54, 1.807) is 6.92 Å². The third kappa shape index (κ3) is 2.55. The molecule has 1 aromatic carbocycles. The first-order chi connectivity index (χ1) is 9.96. The number of nitro groups is 1. The van der Waals surface area contributed by atoms with E-state index in [1.165, 1.54) is 25.3 Å². The minimum Gasteiger partial charge on any atom is -0.497 e. The molecule has 0 bridgehead atoms. The van der Waals surface area contributed by atoms with E-state index < -0.39 is 22.6 Å². The van der Waals surface area contributed by atoms with E-state index in [0.29, 0.717) is 18.1 Å². The summed E-state index contributed by atoms with van der Waals surface area (Å²) in [6.45, 7) is 1.62. The fourth-order valence-corrected chi connectivity index (χ4v) is 2.89. The highest BCUT2D eigenvalue weighted by molar-refractivity contribution is 7.90. The van der Waals surface area contributed by atoms with E-state index in [-0.39, 0.29) is 17.7 Å². The van der Waals surface area contributed by atoms with Crippen LogP contribution >= 0.6 is 12.3 Å². The monoisotopic (exact) mass is 315 g/mol. The van der Waals surface area contributed by atoms with Crippen molar-refractivity contribution in [1.82, 2.24) is 0 Å². The van der Waals surface area contributed by atoms with Crippen LogP contribution in [0.3, 0.4) is 0 Å². The van der Waals surface area contributed by atoms with Crippen LogP contribution in [0.1, 0.15) is 25.0 Å². The van der Waals surface area contributed by atoms with Crippen LogP contribution in [0.5, 0.6) is 5.75 Å². The lowest BCUT2D eigenvalue weighted by atomic mass is 9.88. The molecule has 2 atom stereocenters. The number of aliphatic carboxylic acids is 1. The van der Waals surface area contributed by atoms with E-state index in [4.69, 9.17) is 13.1 Å². The fraction of sp³-hybridized carbons (Fsp3) is 0.417. The van der Waals surface area contributed by atoms with Gasteiger partial charge in [-0.15, -0.1) is 0 Å². The molecule has 1 heterocycles. The first-order valence-corrected chi connectivity index (χ1v) is 6.69. The lowest BCUT2D eigenvalue weighted by Gasteiger charge is -2.25. The van der Waals surface area contributed by atoms with E-state index in [9.17, 15) is 20.0 Å². The van der Waals surface area contributed by atoms with Crippen molar-refractivity contribution in [3.63, 3.8) is 0 Å². The molecule has 0 saturated carbocycles. The van der Waals surface area contributed by atoms with Crippen LogP contribution in [0, 0.1) is 10.1 Å². The van der Waals surface area contributed by atoms with E-state index in [2.05, 4.69) is 0 Å². The molecular formula is C12H13NO7S. The molecule has 0 spiro atoms. The number of nitro benzene ring substituents is 1. The number of hydrogen-bond donors (Lipinski definition) is 1. The minimum absolute atomic E-state index is 0.100. The Balaban J connectivity index is 2.55. The van der Waals surface area contributed by atoms with Gasteiger partial charge in [-0.05, 0) is 18.6 Å². The van der Waals surface area contributed by atoms with Gasteiger partial charge in [-0.3, -0.25) is 18.5 Å². The maximum atomic E-state index is 11.5. The van der Waals surface area contributed by atoms with Crippen LogP contribution in [0.15, 0.2) is 18.2 Å². The number of benzene rings is 1. The summed E-state index contributed by atoms with van der Waals surface area (Å²) >= 11 is 0.533. The Morgan fingerprint density at radius 2 is 2.33 bits per heavy atom. The van der Waals surface area contributed by atoms with E-state index >= 15 is 0 Å². The first-order valence-electron chi connectivity index (χ1n) is 6.03. The number of ether oxygens (including phenoxy) is 1. The van der Waals surface area contributed by atoms with Gasteiger partial charge in [0.05, 0.1) is 23.7 Å². The molecule has 8 nitrogen and oxygen atoms in total. The summed E-state index contributed by atoms with van der Waals surface area (Å²) in [5, 5.41) is 20.6. The van der Waals surface area contributed by atoms with Crippen molar-refractivity contribution in [3.8, 4) is 5.75 Å². The molecule has 1 aromatic rings. The van der Waals surface area contributed by atoms with Crippen molar-refractivity contribution >= 4 is 24.0 Å². The molecule has 1 aliphatic rings. The number of nitrogens with zero attached hydrogens (tertiary/aromatic N) is 1. The molecule has 1 saturated heterocycles. The van der Waals surface area contributed by atoms with E-state index in [1.807, 2.05) is 0 Å². The predicted octanol–water partition coefficient (Wildman–Crippen LogP) is 2.49. The zero-order valence-electron chi connectivity index (χ0n) is 11.3. The standard InChI is InChI=1S/C12H13NO7S/c1-3-12(11(14)15)10(19-21-20-12)8-5-4-7(18-2)6-9(8)13(16)17/h4-6,10H,3H2,1-2H3,(H,14,15)/t10-,12+/m0/s1. The van der Waals surface area contributed by atoms with Crippen molar-refractivity contribution in [2.24, 2.45) is 0 Å². The molecule has 2 rings (SSSR count). The summed E-state index contributed by atoms with van der Waals surface area (Å²) in [5.41, 5.74) is -1.80. The Bertz CT molecular complexity index is 579. The average molecular weight is 315 g/mol. The molecule has 114 valence electrons. The molecule has 1 aliphatic heterocycles. The summed E-state index contributed by atoms with van der Waals surface area (Å²) in [7, 11) is 1.39. The number of methoxy groups -OCH3 is 1. The number of carboxylic acid groups (broad SMARTS) is 1. The molecule has 0 amide bonds. The normalized spacial score (nSPS) is 24.8. The highest BCUT2D eigenvalue weighted by Crippen LogP contribution is 2.49. The van der Waals surface area contributed by atoms with Crippen molar-refractivity contribution in [2.75, 3.05) is 7.11 Å². The summed E-state index contributed by atoms with van der Waals surface area (Å²) in [5.74, 6) is -0.931. The quantitative estimate of drug-likeness (QED) is 0.501. The van der Waals surface area contributed by atoms with Gasteiger partial charge >= 0.3 is 5.97 Å². The summed E-state index contributed by atoms with van der Waals surface area (Å²) in [6.07, 6.45) is -0.986. The number of carboxylic acids is 1. The summed E-state index contributed by atoms with van der Waals surface area (Å²) < 4.78 is 15.3. The van der Waals surface area contributed by atoms with Crippen molar-refractivity contribution in [3.05, 3.63) is 33.9 Å². The smallest absolute Gasteiger partial charge is 0.340 e. The van der Waals surface area contributed by atoms with Gasteiger partial charge in [0.25, 0.3) is 5.69 Å². The second-order valence-electron chi connectivity index (χ2n) is 4.36. The molecule has 0 radical (unpaired) electrons. The third-order valence-electron chi connectivity index (χ3n) is 3.35. The fourth-order valence-electron chi connectivity index (χ4n) is 2.12. The van der Waals surface area contributed by atoms with Gasteiger partial charge in [0.1, 0.15) is 11.9 Å². The van der Waals surface area contributed by atoms with Gasteiger partial charge in [0.15, 0.2) is 12.3 Å². The molecule has 21 heavy (non-hydrogen) atoms. The highest BCUT2D eigenvalue weighted by Gasteiger charge is 2.55. The van der Waals surface area contributed by atoms with Gasteiger partial charge in [0.2, 0.25) is 5.60 Å². The van der Waals surface area contributed by atoms with Crippen LogP contribution in [-0.4, -0.2) is 28.7 Å². The Morgan fingerprint density at radius 3 is 2.86 bits per heavy atom. The SMILES string of the molecule is CC[C@@]1(C(=O)O)OSO[C@H]1c1ccc(OC)cc1[N+](=O)[O-]. The zero-order chi connectivity index (χ0) is 15.6. The molecular weight excluding hydrogens is 302 g/mol. The second kappa shape index (κ2) is 5.88. The first kappa shape index (κ1) is 15.5. The van der Waals surface area contributed by atoms with Crippen LogP contribution < -0.4 is 4.74 Å². The molecule has 0 aromatic heterocycles. The molecule has 1 N–H and O–H groups in total. The number of hydrogen-bond acceptors (Lipinski definition) is 7. The van der Waals surface area contributed by atoms with Gasteiger partial charge < -0.3 is 9.84 Å². The van der Waals surface area contributed by atoms with Crippen LogP contribution in [-0.2, 0) is 13.2 Å². The van der Waals surface area contributed by atoms with Gasteiger partial charge in [-0.1, -0.05) is 6.92 Å². The number of rotatable bonds is 5. The Hall–Kier alpha value is -1.84. The Morgan fingerprint density at radius 1 is 1.62 bits per heavy atom. The zero-order valence-corrected chi connectivity index (χ0v) is 12.1. The summed E-state index contributed by atoms with van der Waals surface area (Å²) in [4.78, 5) is 22.1. The third-order valence-corrected chi connectivity index (χ3v) is 3.98. The minimum atomic E-state index is -1.66. The van der Waals surface area contributed by atoms with Gasteiger partial charge in [-0.2, -0.15) is 0 Å². The second-order valence-corrected chi connectivity index (χ2v) is 4.85. The molecule has 0 aliphatic carbocycles. The van der Waals surface area contributed by atoms with Crippen LogP contribution in [0.2, 0.25) is 0 Å². The van der Waals surface area contributed by atoms with Crippen molar-refractivity contribution in [2.45, 2.75) is 25.0 Å². The van der Waals surface area contributed by atoms with Crippen LogP contribution in [0.25, 0.3) is 0 Å². The summed E-state index contributed by atoms with van der Waals surface area (Å²) in [6, 6.07) is 4.16.